The predicted octanol–water partition coefficient (Wildman–Crippen LogP) is 3.60. The molecule has 0 fully saturated rings. The van der Waals surface area contributed by atoms with Crippen LogP contribution in [0.2, 0.25) is 0 Å². The highest BCUT2D eigenvalue weighted by Crippen LogP contribution is 2.28. The number of carbonyl (C=O) groups excluding carboxylic acids is 1. The second kappa shape index (κ2) is 8.27. The van der Waals surface area contributed by atoms with Crippen molar-refractivity contribution in [1.29, 1.82) is 0 Å². The van der Waals surface area contributed by atoms with E-state index >= 15 is 0 Å². The number of ether oxygens (including phenoxy) is 2. The molecule has 0 unspecified atom stereocenters. The summed E-state index contributed by atoms with van der Waals surface area (Å²) in [6.45, 7) is 0. The Bertz CT molecular complexity index is 1330. The van der Waals surface area contributed by atoms with Crippen LogP contribution in [0.5, 0.6) is 11.5 Å². The molecular weight excluding hydrogens is 401 g/mol. The number of para-hydroxylation sites is 1. The SMILES string of the molecule is COc1cccc(OC)c1C(=O)Nn1c(-c2ccccc2F)nc2ccccc2c1=O. The third-order valence-corrected chi connectivity index (χ3v) is 4.76. The van der Waals surface area contributed by atoms with Gasteiger partial charge in [-0.1, -0.05) is 30.3 Å². The lowest BCUT2D eigenvalue weighted by molar-refractivity contribution is 0.100. The van der Waals surface area contributed by atoms with Crippen molar-refractivity contribution in [2.75, 3.05) is 19.6 Å². The molecule has 3 aromatic carbocycles. The molecule has 4 rings (SSSR count). The van der Waals surface area contributed by atoms with Gasteiger partial charge in [0.2, 0.25) is 0 Å². The molecule has 156 valence electrons. The Hall–Kier alpha value is -4.20. The molecule has 8 heteroatoms. The van der Waals surface area contributed by atoms with E-state index < -0.39 is 17.3 Å². The van der Waals surface area contributed by atoms with Gasteiger partial charge in [-0.15, -0.1) is 0 Å². The molecule has 1 amide bonds. The smallest absolute Gasteiger partial charge is 0.280 e. The number of halogens is 1. The maximum absolute atomic E-state index is 14.6. The lowest BCUT2D eigenvalue weighted by atomic mass is 10.1. The summed E-state index contributed by atoms with van der Waals surface area (Å²) in [6, 6.07) is 17.4. The Balaban J connectivity index is 1.93. The molecule has 0 saturated heterocycles. The average Bonchev–Trinajstić information content (AvgIpc) is 2.80. The fraction of sp³-hybridized carbons (Fsp3) is 0.0870. The van der Waals surface area contributed by atoms with E-state index in [0.29, 0.717) is 5.52 Å². The largest absolute Gasteiger partial charge is 0.496 e. The number of benzene rings is 3. The number of fused-ring (bicyclic) bond motifs is 1. The molecule has 1 N–H and O–H groups in total. The quantitative estimate of drug-likeness (QED) is 0.535. The Kier molecular flexibility index (Phi) is 5.36. The first kappa shape index (κ1) is 20.1. The zero-order chi connectivity index (χ0) is 22.0. The van der Waals surface area contributed by atoms with Crippen molar-refractivity contribution in [3.63, 3.8) is 0 Å². The van der Waals surface area contributed by atoms with E-state index in [1.807, 2.05) is 0 Å². The Morgan fingerprint density at radius 3 is 2.26 bits per heavy atom. The van der Waals surface area contributed by atoms with Crippen LogP contribution in [0, 0.1) is 5.82 Å². The number of nitrogens with one attached hydrogen (secondary N) is 1. The van der Waals surface area contributed by atoms with Crippen molar-refractivity contribution in [3.8, 4) is 22.9 Å². The maximum Gasteiger partial charge on any atom is 0.280 e. The molecule has 0 bridgehead atoms. The molecule has 1 heterocycles. The number of carbonyl (C=O) groups is 1. The van der Waals surface area contributed by atoms with Gasteiger partial charge in [0.1, 0.15) is 22.9 Å². The van der Waals surface area contributed by atoms with Gasteiger partial charge >= 0.3 is 0 Å². The molecule has 0 atom stereocenters. The van der Waals surface area contributed by atoms with E-state index in [0.717, 1.165) is 4.68 Å². The van der Waals surface area contributed by atoms with Gasteiger partial charge in [0.25, 0.3) is 11.5 Å². The third kappa shape index (κ3) is 3.59. The van der Waals surface area contributed by atoms with Crippen LogP contribution in [-0.4, -0.2) is 29.8 Å². The molecule has 0 aliphatic rings. The molecule has 0 radical (unpaired) electrons. The fourth-order valence-electron chi connectivity index (χ4n) is 3.29. The second-order valence-electron chi connectivity index (χ2n) is 6.55. The highest BCUT2D eigenvalue weighted by Gasteiger charge is 2.22. The fourth-order valence-corrected chi connectivity index (χ4v) is 3.29. The summed E-state index contributed by atoms with van der Waals surface area (Å²) in [5.74, 6) is -0.783. The lowest BCUT2D eigenvalue weighted by Gasteiger charge is -2.17. The van der Waals surface area contributed by atoms with E-state index in [2.05, 4.69) is 10.4 Å². The van der Waals surface area contributed by atoms with Gasteiger partial charge in [0.15, 0.2) is 5.82 Å². The van der Waals surface area contributed by atoms with E-state index in [4.69, 9.17) is 9.47 Å². The molecule has 4 aromatic rings. The van der Waals surface area contributed by atoms with Crippen LogP contribution >= 0.6 is 0 Å². The zero-order valence-electron chi connectivity index (χ0n) is 16.8. The molecule has 0 saturated carbocycles. The first-order valence-corrected chi connectivity index (χ1v) is 9.34. The van der Waals surface area contributed by atoms with Crippen molar-refractivity contribution >= 4 is 16.8 Å². The molecular formula is C23H18FN3O4. The minimum atomic E-state index is -0.675. The van der Waals surface area contributed by atoms with Crippen LogP contribution < -0.4 is 20.5 Å². The number of amides is 1. The molecule has 31 heavy (non-hydrogen) atoms. The van der Waals surface area contributed by atoms with Crippen molar-refractivity contribution in [3.05, 3.63) is 88.5 Å². The predicted molar refractivity (Wildman–Crippen MR) is 115 cm³/mol. The molecule has 0 aliphatic heterocycles. The van der Waals surface area contributed by atoms with Crippen molar-refractivity contribution < 1.29 is 18.7 Å². The van der Waals surface area contributed by atoms with Gasteiger partial charge in [-0.2, -0.15) is 4.68 Å². The normalized spacial score (nSPS) is 10.7. The number of hydrogen-bond donors (Lipinski definition) is 1. The maximum atomic E-state index is 14.6. The number of hydrogen-bond acceptors (Lipinski definition) is 5. The topological polar surface area (TPSA) is 82.4 Å². The highest BCUT2D eigenvalue weighted by molar-refractivity contribution is 6.05. The summed E-state index contributed by atoms with van der Waals surface area (Å²) in [5.41, 5.74) is 2.53. The minimum Gasteiger partial charge on any atom is -0.496 e. The summed E-state index contributed by atoms with van der Waals surface area (Å²) in [5, 5.41) is 0.273. The number of methoxy groups -OCH3 is 2. The Morgan fingerprint density at radius 2 is 1.58 bits per heavy atom. The Morgan fingerprint density at radius 1 is 0.935 bits per heavy atom. The van der Waals surface area contributed by atoms with Crippen molar-refractivity contribution in [2.24, 2.45) is 0 Å². The van der Waals surface area contributed by atoms with Crippen LogP contribution in [0.3, 0.4) is 0 Å². The van der Waals surface area contributed by atoms with Gasteiger partial charge in [-0.05, 0) is 36.4 Å². The highest BCUT2D eigenvalue weighted by atomic mass is 19.1. The second-order valence-corrected chi connectivity index (χ2v) is 6.55. The van der Waals surface area contributed by atoms with Crippen molar-refractivity contribution in [1.82, 2.24) is 9.66 Å². The monoisotopic (exact) mass is 419 g/mol. The first-order valence-electron chi connectivity index (χ1n) is 9.34. The Labute approximate surface area is 176 Å². The minimum absolute atomic E-state index is 0.0379. The van der Waals surface area contributed by atoms with Gasteiger partial charge < -0.3 is 9.47 Å². The van der Waals surface area contributed by atoms with Crippen LogP contribution in [0.1, 0.15) is 10.4 Å². The molecule has 0 aliphatic carbocycles. The summed E-state index contributed by atoms with van der Waals surface area (Å²) in [4.78, 5) is 30.9. The van der Waals surface area contributed by atoms with E-state index in [-0.39, 0.29) is 33.8 Å². The molecule has 7 nitrogen and oxygen atoms in total. The van der Waals surface area contributed by atoms with Gasteiger partial charge in [0.05, 0.1) is 30.7 Å². The molecule has 0 spiro atoms. The van der Waals surface area contributed by atoms with Crippen molar-refractivity contribution in [2.45, 2.75) is 0 Å². The van der Waals surface area contributed by atoms with E-state index in [1.54, 1.807) is 48.5 Å². The lowest BCUT2D eigenvalue weighted by Crippen LogP contribution is -2.35. The van der Waals surface area contributed by atoms with E-state index in [1.165, 1.54) is 32.4 Å². The summed E-state index contributed by atoms with van der Waals surface area (Å²) < 4.78 is 26.1. The van der Waals surface area contributed by atoms with Gasteiger partial charge in [0, 0.05) is 0 Å². The first-order chi connectivity index (χ1) is 15.0. The van der Waals surface area contributed by atoms with Crippen LogP contribution in [0.15, 0.2) is 71.5 Å². The summed E-state index contributed by atoms with van der Waals surface area (Å²) in [7, 11) is 2.83. The van der Waals surface area contributed by atoms with Crippen LogP contribution in [-0.2, 0) is 0 Å². The van der Waals surface area contributed by atoms with E-state index in [9.17, 15) is 14.0 Å². The van der Waals surface area contributed by atoms with Gasteiger partial charge in [-0.25, -0.2) is 9.37 Å². The van der Waals surface area contributed by atoms with Crippen LogP contribution in [0.25, 0.3) is 22.3 Å². The zero-order valence-corrected chi connectivity index (χ0v) is 16.8. The number of aromatic nitrogens is 2. The third-order valence-electron chi connectivity index (χ3n) is 4.76. The summed E-state index contributed by atoms with van der Waals surface area (Å²) >= 11 is 0. The molecule has 1 aromatic heterocycles. The van der Waals surface area contributed by atoms with Crippen LogP contribution in [0.4, 0.5) is 4.39 Å². The van der Waals surface area contributed by atoms with Gasteiger partial charge in [-0.3, -0.25) is 15.0 Å². The summed E-state index contributed by atoms with van der Waals surface area (Å²) in [6.07, 6.45) is 0. The standard InChI is InChI=1S/C23H18FN3O4/c1-30-18-12-7-13-19(31-2)20(18)22(28)26-27-21(14-8-3-5-10-16(14)24)25-17-11-6-4-9-15(17)23(27)29/h3-13H,1-2H3,(H,26,28). The number of rotatable bonds is 5. The average molecular weight is 419 g/mol. The number of nitrogens with zero attached hydrogens (tertiary/aromatic N) is 2.